The van der Waals surface area contributed by atoms with E-state index in [1.807, 2.05) is 0 Å². The van der Waals surface area contributed by atoms with Gasteiger partial charge in [-0.15, -0.1) is 5.48 Å². The Morgan fingerprint density at radius 2 is 1.55 bits per heavy atom. The molecule has 0 aliphatic carbocycles. The van der Waals surface area contributed by atoms with Crippen molar-refractivity contribution in [2.24, 2.45) is 0 Å². The third-order valence-corrected chi connectivity index (χ3v) is 2.81. The van der Waals surface area contributed by atoms with Gasteiger partial charge in [0.1, 0.15) is 0 Å². The van der Waals surface area contributed by atoms with E-state index in [0.29, 0.717) is 11.1 Å². The van der Waals surface area contributed by atoms with Gasteiger partial charge in [-0.25, -0.2) is 4.79 Å². The van der Waals surface area contributed by atoms with E-state index in [1.165, 1.54) is 0 Å². The molecule has 0 radical (unpaired) electrons. The normalized spacial score (nSPS) is 11.1. The number of carbonyl (C=O) groups is 3. The van der Waals surface area contributed by atoms with Crippen molar-refractivity contribution < 1.29 is 24.0 Å². The molecule has 2 aromatic carbocycles. The van der Waals surface area contributed by atoms with Crippen molar-refractivity contribution in [1.82, 2.24) is 5.48 Å². The van der Waals surface area contributed by atoms with Crippen LogP contribution in [0.1, 0.15) is 22.0 Å². The van der Waals surface area contributed by atoms with Crippen LogP contribution in [-0.4, -0.2) is 18.3 Å². The van der Waals surface area contributed by atoms with Crippen LogP contribution >= 0.6 is 0 Å². The minimum atomic E-state index is -1.14. The largest absolute Gasteiger partial charge is 0.441 e. The number of amides is 1. The zero-order valence-corrected chi connectivity index (χ0v) is 11.5. The van der Waals surface area contributed by atoms with E-state index in [-0.39, 0.29) is 12.3 Å². The zero-order valence-electron chi connectivity index (χ0n) is 11.5. The van der Waals surface area contributed by atoms with Gasteiger partial charge in [0.25, 0.3) is 0 Å². The van der Waals surface area contributed by atoms with Crippen molar-refractivity contribution in [3.63, 3.8) is 0 Å². The molecule has 22 heavy (non-hydrogen) atoms. The molecule has 0 fully saturated rings. The second-order valence-electron chi connectivity index (χ2n) is 4.24. The van der Waals surface area contributed by atoms with Crippen molar-refractivity contribution in [3.8, 4) is 0 Å². The lowest BCUT2D eigenvalue weighted by atomic mass is 10.00. The topological polar surface area (TPSA) is 81.7 Å². The van der Waals surface area contributed by atoms with Crippen molar-refractivity contribution in [3.05, 3.63) is 71.8 Å². The highest BCUT2D eigenvalue weighted by molar-refractivity contribution is 6.00. The molecule has 6 nitrogen and oxygen atoms in total. The lowest BCUT2D eigenvalue weighted by molar-refractivity contribution is -0.134. The lowest BCUT2D eigenvalue weighted by Crippen LogP contribution is -2.28. The molecule has 0 aliphatic rings. The minimum absolute atomic E-state index is 0.0395. The Morgan fingerprint density at radius 1 is 0.955 bits per heavy atom. The fourth-order valence-corrected chi connectivity index (χ4v) is 1.86. The van der Waals surface area contributed by atoms with E-state index in [9.17, 15) is 14.4 Å². The molecule has 0 saturated carbocycles. The van der Waals surface area contributed by atoms with Gasteiger partial charge >= 0.3 is 12.6 Å². The summed E-state index contributed by atoms with van der Waals surface area (Å²) in [6.07, 6.45) is -2.18. The maximum atomic E-state index is 12.5. The zero-order chi connectivity index (χ0) is 15.8. The van der Waals surface area contributed by atoms with Gasteiger partial charge in [0, 0.05) is 11.1 Å². The third-order valence-electron chi connectivity index (χ3n) is 2.81. The summed E-state index contributed by atoms with van der Waals surface area (Å²) >= 11 is 0. The number of nitrogens with one attached hydrogen (secondary N) is 1. The van der Waals surface area contributed by atoms with Crippen LogP contribution in [0.15, 0.2) is 60.7 Å². The van der Waals surface area contributed by atoms with E-state index < -0.39 is 12.2 Å². The molecule has 112 valence electrons. The van der Waals surface area contributed by atoms with E-state index in [0.717, 1.165) is 0 Å². The van der Waals surface area contributed by atoms with Crippen LogP contribution in [-0.2, 0) is 14.4 Å². The Morgan fingerprint density at radius 3 is 2.14 bits per heavy atom. The van der Waals surface area contributed by atoms with Gasteiger partial charge in [-0.3, -0.25) is 9.59 Å². The molecule has 6 heteroatoms. The van der Waals surface area contributed by atoms with Crippen LogP contribution in [0.25, 0.3) is 0 Å². The summed E-state index contributed by atoms with van der Waals surface area (Å²) in [7, 11) is 0. The molecule has 0 saturated heterocycles. The molecule has 2 rings (SSSR count). The average molecular weight is 299 g/mol. The molecule has 1 amide bonds. The van der Waals surface area contributed by atoms with Crippen LogP contribution in [0.5, 0.6) is 0 Å². The summed E-state index contributed by atoms with van der Waals surface area (Å²) in [6, 6.07) is 17.0. The number of hydroxylamine groups is 1. The Kier molecular flexibility index (Phi) is 5.25. The molecule has 1 unspecified atom stereocenters. The summed E-state index contributed by atoms with van der Waals surface area (Å²) in [5.41, 5.74) is 2.67. The molecule has 0 aliphatic heterocycles. The number of hydrogen-bond donors (Lipinski definition) is 1. The summed E-state index contributed by atoms with van der Waals surface area (Å²) in [4.78, 5) is 38.3. The van der Waals surface area contributed by atoms with Crippen molar-refractivity contribution in [2.45, 2.75) is 6.10 Å². The highest BCUT2D eigenvalue weighted by Gasteiger charge is 2.26. The summed E-state index contributed by atoms with van der Waals surface area (Å²) in [5.74, 6) is -0.381. The number of ether oxygens (including phenoxy) is 1. The molecular weight excluding hydrogens is 286 g/mol. The summed E-state index contributed by atoms with van der Waals surface area (Å²) < 4.78 is 5.07. The predicted molar refractivity (Wildman–Crippen MR) is 76.7 cm³/mol. The molecule has 0 heterocycles. The maximum absolute atomic E-state index is 12.5. The maximum Gasteiger partial charge on any atom is 0.441 e. The van der Waals surface area contributed by atoms with Crippen LogP contribution in [0.3, 0.4) is 0 Å². The summed E-state index contributed by atoms with van der Waals surface area (Å²) in [6.45, 7) is 0.0395. The second kappa shape index (κ2) is 7.58. The highest BCUT2D eigenvalue weighted by atomic mass is 16.7. The van der Waals surface area contributed by atoms with Crippen molar-refractivity contribution >= 4 is 18.3 Å². The van der Waals surface area contributed by atoms with Gasteiger partial charge < -0.3 is 9.57 Å². The molecule has 0 bridgehead atoms. The molecule has 2 aromatic rings. The third kappa shape index (κ3) is 3.92. The van der Waals surface area contributed by atoms with Gasteiger partial charge in [0.15, 0.2) is 6.10 Å². The molecule has 1 N–H and O–H groups in total. The number of rotatable bonds is 6. The van der Waals surface area contributed by atoms with Gasteiger partial charge in [0.2, 0.25) is 5.78 Å². The van der Waals surface area contributed by atoms with E-state index in [2.05, 4.69) is 4.84 Å². The smallest absolute Gasteiger partial charge is 0.431 e. The quantitative estimate of drug-likeness (QED) is 0.503. The second-order valence-corrected chi connectivity index (χ2v) is 4.24. The van der Waals surface area contributed by atoms with Crippen LogP contribution < -0.4 is 5.48 Å². The van der Waals surface area contributed by atoms with E-state index >= 15 is 0 Å². The van der Waals surface area contributed by atoms with Gasteiger partial charge in [-0.2, -0.15) is 0 Å². The lowest BCUT2D eigenvalue weighted by Gasteiger charge is -2.17. The van der Waals surface area contributed by atoms with Crippen molar-refractivity contribution in [2.75, 3.05) is 0 Å². The number of carbonyl (C=O) groups excluding carboxylic acids is 3. The van der Waals surface area contributed by atoms with Gasteiger partial charge in [-0.05, 0) is 0 Å². The highest BCUT2D eigenvalue weighted by Crippen LogP contribution is 2.22. The number of Topliss-reactive ketones (excluding diaryl/α,β-unsaturated/α-hetero) is 1. The van der Waals surface area contributed by atoms with E-state index in [4.69, 9.17) is 4.74 Å². The Balaban J connectivity index is 2.24. The molecular formula is C16H13NO5. The Bertz CT molecular complexity index is 642. The first-order valence-electron chi connectivity index (χ1n) is 6.42. The standard InChI is InChI=1S/C16H13NO5/c18-11-21-17-16(20)22-15(13-9-5-2-6-10-13)14(19)12-7-3-1-4-8-12/h1-11,15H,(H,17,20). The first-order chi connectivity index (χ1) is 10.7. The van der Waals surface area contributed by atoms with Crippen LogP contribution in [0.2, 0.25) is 0 Å². The predicted octanol–water partition coefficient (Wildman–Crippen LogP) is 2.42. The fraction of sp³-hybridized carbons (Fsp3) is 0.0625. The Labute approximate surface area is 126 Å². The average Bonchev–Trinajstić information content (AvgIpc) is 2.59. The molecule has 0 aromatic heterocycles. The van der Waals surface area contributed by atoms with Crippen LogP contribution in [0, 0.1) is 0 Å². The number of hydrogen-bond acceptors (Lipinski definition) is 5. The molecule has 0 spiro atoms. The monoisotopic (exact) mass is 299 g/mol. The van der Waals surface area contributed by atoms with Crippen molar-refractivity contribution in [1.29, 1.82) is 0 Å². The van der Waals surface area contributed by atoms with Gasteiger partial charge in [-0.1, -0.05) is 60.7 Å². The number of ketones is 1. The summed E-state index contributed by atoms with van der Waals surface area (Å²) in [5, 5.41) is 0. The number of benzene rings is 2. The van der Waals surface area contributed by atoms with Gasteiger partial charge in [0.05, 0.1) is 0 Å². The first-order valence-corrected chi connectivity index (χ1v) is 6.42. The molecule has 1 atom stereocenters. The minimum Gasteiger partial charge on any atom is -0.431 e. The Hall–Kier alpha value is -3.15. The first kappa shape index (κ1) is 15.2. The van der Waals surface area contributed by atoms with Crippen LogP contribution in [0.4, 0.5) is 4.79 Å². The SMILES string of the molecule is O=CONC(=O)OC(C(=O)c1ccccc1)c1ccccc1. The fourth-order valence-electron chi connectivity index (χ4n) is 1.86. The van der Waals surface area contributed by atoms with E-state index in [1.54, 1.807) is 66.1 Å².